The van der Waals surface area contributed by atoms with Crippen molar-refractivity contribution >= 4 is 11.4 Å². The van der Waals surface area contributed by atoms with Gasteiger partial charge in [-0.05, 0) is 37.1 Å². The van der Waals surface area contributed by atoms with Crippen LogP contribution in [0.5, 0.6) is 0 Å². The average molecular weight is 230 g/mol. The van der Waals surface area contributed by atoms with Gasteiger partial charge in [0, 0.05) is 17.9 Å². The van der Waals surface area contributed by atoms with Crippen LogP contribution in [0.2, 0.25) is 0 Å². The molecule has 2 rings (SSSR count). The molecule has 2 N–H and O–H groups in total. The zero-order chi connectivity index (χ0) is 11.8. The molecule has 0 saturated carbocycles. The van der Waals surface area contributed by atoms with Crippen LogP contribution in [0.25, 0.3) is 0 Å². The maximum Gasteiger partial charge on any atom is 0.408 e. The summed E-state index contributed by atoms with van der Waals surface area (Å²) in [6.07, 6.45) is -3.40. The van der Waals surface area contributed by atoms with Crippen molar-refractivity contribution in [3.05, 3.63) is 24.3 Å². The highest BCUT2D eigenvalue weighted by atomic mass is 19.4. The number of nitrogen functional groups attached to an aromatic ring is 1. The Labute approximate surface area is 91.8 Å². The molecule has 0 amide bonds. The molecule has 5 heteroatoms. The molecule has 1 aromatic rings. The van der Waals surface area contributed by atoms with Gasteiger partial charge in [0.05, 0.1) is 0 Å². The van der Waals surface area contributed by atoms with Gasteiger partial charge in [0.2, 0.25) is 0 Å². The van der Waals surface area contributed by atoms with Gasteiger partial charge >= 0.3 is 6.18 Å². The minimum Gasteiger partial charge on any atom is -0.399 e. The van der Waals surface area contributed by atoms with Crippen molar-refractivity contribution in [3.8, 4) is 0 Å². The Kier molecular flexibility index (Phi) is 2.69. The highest BCUT2D eigenvalue weighted by molar-refractivity contribution is 5.54. The van der Waals surface area contributed by atoms with Crippen LogP contribution >= 0.6 is 0 Å². The quantitative estimate of drug-likeness (QED) is 0.752. The van der Waals surface area contributed by atoms with E-state index in [2.05, 4.69) is 0 Å². The summed E-state index contributed by atoms with van der Waals surface area (Å²) in [4.78, 5) is 1.40. The van der Waals surface area contributed by atoms with Crippen LogP contribution in [-0.4, -0.2) is 18.8 Å². The Morgan fingerprint density at radius 1 is 1.19 bits per heavy atom. The second kappa shape index (κ2) is 3.88. The largest absolute Gasteiger partial charge is 0.408 e. The maximum atomic E-state index is 12.7. The summed E-state index contributed by atoms with van der Waals surface area (Å²) in [5.74, 6) is 0. The molecular formula is C11H13F3N2. The molecule has 2 nitrogen and oxygen atoms in total. The first-order chi connectivity index (χ1) is 7.48. The zero-order valence-corrected chi connectivity index (χ0v) is 8.67. The highest BCUT2D eigenvalue weighted by Crippen LogP contribution is 2.35. The van der Waals surface area contributed by atoms with Crippen molar-refractivity contribution in [2.24, 2.45) is 0 Å². The number of hydrogen-bond acceptors (Lipinski definition) is 2. The summed E-state index contributed by atoms with van der Waals surface area (Å²) in [6, 6.07) is 5.18. The fourth-order valence-corrected chi connectivity index (χ4v) is 2.08. The van der Waals surface area contributed by atoms with E-state index in [9.17, 15) is 13.2 Å². The predicted octanol–water partition coefficient (Wildman–Crippen LogP) is 2.80. The van der Waals surface area contributed by atoms with Crippen molar-refractivity contribution in [1.82, 2.24) is 0 Å². The van der Waals surface area contributed by atoms with E-state index in [1.807, 2.05) is 0 Å². The van der Waals surface area contributed by atoms with Gasteiger partial charge < -0.3 is 10.6 Å². The van der Waals surface area contributed by atoms with E-state index in [4.69, 9.17) is 5.73 Å². The number of benzene rings is 1. The number of alkyl halides is 3. The van der Waals surface area contributed by atoms with E-state index >= 15 is 0 Å². The Morgan fingerprint density at radius 2 is 1.81 bits per heavy atom. The third-order valence-corrected chi connectivity index (χ3v) is 2.86. The molecule has 1 heterocycles. The van der Waals surface area contributed by atoms with E-state index in [0.29, 0.717) is 24.3 Å². The van der Waals surface area contributed by atoms with Crippen molar-refractivity contribution < 1.29 is 13.2 Å². The van der Waals surface area contributed by atoms with Crippen LogP contribution < -0.4 is 10.6 Å². The molecule has 0 bridgehead atoms. The molecule has 1 aliphatic heterocycles. The fraction of sp³-hybridized carbons (Fsp3) is 0.455. The molecule has 0 aliphatic carbocycles. The molecule has 0 unspecified atom stereocenters. The first-order valence-corrected chi connectivity index (χ1v) is 5.17. The van der Waals surface area contributed by atoms with Gasteiger partial charge in [-0.15, -0.1) is 0 Å². The summed E-state index contributed by atoms with van der Waals surface area (Å²) in [7, 11) is 0. The van der Waals surface area contributed by atoms with Crippen molar-refractivity contribution in [3.63, 3.8) is 0 Å². The van der Waals surface area contributed by atoms with Crippen LogP contribution in [0, 0.1) is 0 Å². The van der Waals surface area contributed by atoms with Gasteiger partial charge in [-0.3, -0.25) is 0 Å². The number of halogens is 3. The van der Waals surface area contributed by atoms with E-state index in [0.717, 1.165) is 0 Å². The Hall–Kier alpha value is -1.39. The van der Waals surface area contributed by atoms with Crippen molar-refractivity contribution in [2.45, 2.75) is 25.1 Å². The van der Waals surface area contributed by atoms with Crippen LogP contribution in [0.4, 0.5) is 24.5 Å². The van der Waals surface area contributed by atoms with Gasteiger partial charge in [-0.2, -0.15) is 13.2 Å². The molecule has 1 fully saturated rings. The predicted molar refractivity (Wildman–Crippen MR) is 57.3 cm³/mol. The summed E-state index contributed by atoms with van der Waals surface area (Å²) >= 11 is 0. The number of nitrogens with zero attached hydrogens (tertiary/aromatic N) is 1. The third-order valence-electron chi connectivity index (χ3n) is 2.86. The van der Waals surface area contributed by atoms with Gasteiger partial charge in [0.15, 0.2) is 0 Å². The summed E-state index contributed by atoms with van der Waals surface area (Å²) in [5.41, 5.74) is 6.66. The number of nitrogens with two attached hydrogens (primary N) is 1. The Balaban J connectivity index is 2.23. The monoisotopic (exact) mass is 230 g/mol. The van der Waals surface area contributed by atoms with Gasteiger partial charge in [0.1, 0.15) is 6.04 Å². The van der Waals surface area contributed by atoms with Crippen molar-refractivity contribution in [1.29, 1.82) is 0 Å². The molecule has 88 valence electrons. The molecule has 0 aromatic heterocycles. The van der Waals surface area contributed by atoms with E-state index in [-0.39, 0.29) is 6.42 Å². The topological polar surface area (TPSA) is 29.3 Å². The second-order valence-corrected chi connectivity index (χ2v) is 3.98. The van der Waals surface area contributed by atoms with Crippen LogP contribution in [-0.2, 0) is 0 Å². The molecule has 1 saturated heterocycles. The van der Waals surface area contributed by atoms with Crippen molar-refractivity contribution in [2.75, 3.05) is 17.2 Å². The smallest absolute Gasteiger partial charge is 0.399 e. The molecule has 0 spiro atoms. The lowest BCUT2D eigenvalue weighted by molar-refractivity contribution is -0.145. The molecule has 1 aliphatic rings. The maximum absolute atomic E-state index is 12.7. The van der Waals surface area contributed by atoms with Crippen LogP contribution in [0.15, 0.2) is 24.3 Å². The van der Waals surface area contributed by atoms with Gasteiger partial charge in [-0.25, -0.2) is 0 Å². The van der Waals surface area contributed by atoms with Gasteiger partial charge in [-0.1, -0.05) is 0 Å². The standard InChI is InChI=1S/C11H13F3N2/c12-11(13,14)10-2-1-7-16(10)9-5-3-8(15)4-6-9/h3-6,10H,1-2,7,15H2/t10-/m0/s1. The van der Waals surface area contributed by atoms with Crippen LogP contribution in [0.3, 0.4) is 0 Å². The van der Waals surface area contributed by atoms with Crippen LogP contribution in [0.1, 0.15) is 12.8 Å². The normalized spacial score (nSPS) is 21.4. The minimum atomic E-state index is -4.15. The fourth-order valence-electron chi connectivity index (χ4n) is 2.08. The lowest BCUT2D eigenvalue weighted by Crippen LogP contribution is -2.41. The minimum absolute atomic E-state index is 0.174. The van der Waals surface area contributed by atoms with Gasteiger partial charge in [0.25, 0.3) is 0 Å². The number of hydrogen-bond donors (Lipinski definition) is 1. The Bertz CT molecular complexity index is 358. The SMILES string of the molecule is Nc1ccc(N2CCC[C@H]2C(F)(F)F)cc1. The molecule has 1 aromatic carbocycles. The molecule has 1 atom stereocenters. The number of rotatable bonds is 1. The lowest BCUT2D eigenvalue weighted by atomic mass is 10.2. The molecule has 16 heavy (non-hydrogen) atoms. The molecular weight excluding hydrogens is 217 g/mol. The third kappa shape index (κ3) is 2.08. The second-order valence-electron chi connectivity index (χ2n) is 3.98. The van der Waals surface area contributed by atoms with E-state index < -0.39 is 12.2 Å². The zero-order valence-electron chi connectivity index (χ0n) is 8.67. The summed E-state index contributed by atoms with van der Waals surface area (Å²) < 4.78 is 38.1. The average Bonchev–Trinajstić information content (AvgIpc) is 2.66. The first-order valence-electron chi connectivity index (χ1n) is 5.17. The summed E-state index contributed by atoms with van der Waals surface area (Å²) in [5, 5.41) is 0. The van der Waals surface area contributed by atoms with E-state index in [1.165, 1.54) is 4.90 Å². The highest BCUT2D eigenvalue weighted by Gasteiger charge is 2.45. The summed E-state index contributed by atoms with van der Waals surface area (Å²) in [6.45, 7) is 0.452. The van der Waals surface area contributed by atoms with E-state index in [1.54, 1.807) is 24.3 Å². The lowest BCUT2D eigenvalue weighted by Gasteiger charge is -2.28. The first kappa shape index (κ1) is 11.1. The Morgan fingerprint density at radius 3 is 2.38 bits per heavy atom. The molecule has 0 radical (unpaired) electrons. The number of anilines is 2.